The maximum absolute atomic E-state index is 12.4. The van der Waals surface area contributed by atoms with Gasteiger partial charge in [0.05, 0.1) is 6.04 Å². The molecule has 1 aromatic heterocycles. The molecule has 2 N–H and O–H groups in total. The zero-order chi connectivity index (χ0) is 16.8. The van der Waals surface area contributed by atoms with Crippen LogP contribution < -0.4 is 10.6 Å². The van der Waals surface area contributed by atoms with Crippen LogP contribution in [0.1, 0.15) is 52.9 Å². The largest absolute Gasteiger partial charge is 0.354 e. The van der Waals surface area contributed by atoms with Gasteiger partial charge in [0.15, 0.2) is 5.69 Å². The summed E-state index contributed by atoms with van der Waals surface area (Å²) in [6.07, 6.45) is 0.844. The predicted octanol–water partition coefficient (Wildman–Crippen LogP) is 1.99. The lowest BCUT2D eigenvalue weighted by atomic mass is 10.1. The molecule has 0 aliphatic carbocycles. The van der Waals surface area contributed by atoms with Crippen molar-refractivity contribution in [1.29, 1.82) is 0 Å². The van der Waals surface area contributed by atoms with Gasteiger partial charge >= 0.3 is 0 Å². The van der Waals surface area contributed by atoms with Crippen LogP contribution in [0, 0.1) is 0 Å². The molecule has 6 nitrogen and oxygen atoms in total. The number of nitrogens with zero attached hydrogens (tertiary/aromatic N) is 2. The van der Waals surface area contributed by atoms with Crippen LogP contribution in [0.25, 0.3) is 0 Å². The summed E-state index contributed by atoms with van der Waals surface area (Å²) in [6.45, 7) is 4.52. The zero-order valence-electron chi connectivity index (χ0n) is 13.7. The quantitative estimate of drug-likeness (QED) is 0.856. The van der Waals surface area contributed by atoms with Crippen molar-refractivity contribution in [2.75, 3.05) is 13.6 Å². The first kappa shape index (κ1) is 16.7. The van der Waals surface area contributed by atoms with Crippen molar-refractivity contribution in [3.05, 3.63) is 53.3 Å². The number of carbonyl (C=O) groups is 2. The number of nitrogens with one attached hydrogen (secondary N) is 2. The van der Waals surface area contributed by atoms with Gasteiger partial charge in [0.25, 0.3) is 11.8 Å². The fourth-order valence-corrected chi connectivity index (χ4v) is 2.30. The number of carbonyl (C=O) groups excluding carboxylic acids is 2. The van der Waals surface area contributed by atoms with Crippen LogP contribution in [0.5, 0.6) is 0 Å². The number of benzene rings is 1. The summed E-state index contributed by atoms with van der Waals surface area (Å²) in [5.74, 6) is -0.536. The van der Waals surface area contributed by atoms with Gasteiger partial charge in [-0.2, -0.15) is 5.10 Å². The molecule has 0 saturated heterocycles. The van der Waals surface area contributed by atoms with E-state index >= 15 is 0 Å². The highest BCUT2D eigenvalue weighted by molar-refractivity contribution is 5.97. The first-order valence-electron chi connectivity index (χ1n) is 7.73. The molecule has 6 heteroatoms. The van der Waals surface area contributed by atoms with E-state index in [1.807, 2.05) is 44.2 Å². The minimum atomic E-state index is -0.312. The molecule has 0 saturated carbocycles. The van der Waals surface area contributed by atoms with Crippen LogP contribution in [0.3, 0.4) is 0 Å². The van der Waals surface area contributed by atoms with Gasteiger partial charge in [-0.25, -0.2) is 0 Å². The third-order valence-corrected chi connectivity index (χ3v) is 3.61. The lowest BCUT2D eigenvalue weighted by Gasteiger charge is -2.15. The summed E-state index contributed by atoms with van der Waals surface area (Å²) in [5, 5.41) is 9.70. The molecule has 1 atom stereocenters. The molecule has 0 fully saturated rings. The van der Waals surface area contributed by atoms with Crippen molar-refractivity contribution < 1.29 is 9.59 Å². The van der Waals surface area contributed by atoms with Gasteiger partial charge in [0.2, 0.25) is 0 Å². The third kappa shape index (κ3) is 3.77. The predicted molar refractivity (Wildman–Crippen MR) is 88.5 cm³/mol. The van der Waals surface area contributed by atoms with E-state index in [9.17, 15) is 9.59 Å². The zero-order valence-corrected chi connectivity index (χ0v) is 13.7. The van der Waals surface area contributed by atoms with Crippen molar-refractivity contribution >= 4 is 11.8 Å². The highest BCUT2D eigenvalue weighted by Gasteiger charge is 2.22. The Morgan fingerprint density at radius 2 is 1.91 bits per heavy atom. The van der Waals surface area contributed by atoms with Crippen LogP contribution in [0.4, 0.5) is 0 Å². The van der Waals surface area contributed by atoms with Crippen LogP contribution in [0.2, 0.25) is 0 Å². The van der Waals surface area contributed by atoms with E-state index in [0.717, 1.165) is 12.0 Å². The van der Waals surface area contributed by atoms with Crippen molar-refractivity contribution in [3.8, 4) is 0 Å². The molecule has 0 bridgehead atoms. The molecular weight excluding hydrogens is 292 g/mol. The molecule has 1 aromatic carbocycles. The summed E-state index contributed by atoms with van der Waals surface area (Å²) in [7, 11) is 1.54. The monoisotopic (exact) mass is 314 g/mol. The standard InChI is InChI=1S/C17H22N4O2/c1-4-10-19-17(23)15-11-14(16(22)18-3)20-21(15)12(2)13-8-6-5-7-9-13/h5-9,11-12H,4,10H2,1-3H3,(H,18,22)(H,19,23). The fraction of sp³-hybridized carbons (Fsp3) is 0.353. The van der Waals surface area contributed by atoms with Crippen molar-refractivity contribution in [2.45, 2.75) is 26.3 Å². The summed E-state index contributed by atoms with van der Waals surface area (Å²) < 4.78 is 1.60. The van der Waals surface area contributed by atoms with Crippen LogP contribution >= 0.6 is 0 Å². The van der Waals surface area contributed by atoms with Gasteiger partial charge in [-0.3, -0.25) is 14.3 Å². The van der Waals surface area contributed by atoms with Gasteiger partial charge in [-0.1, -0.05) is 37.3 Å². The Labute approximate surface area is 135 Å². The van der Waals surface area contributed by atoms with E-state index in [-0.39, 0.29) is 23.6 Å². The van der Waals surface area contributed by atoms with E-state index in [1.54, 1.807) is 11.7 Å². The SMILES string of the molecule is CCCNC(=O)c1cc(C(=O)NC)nn1C(C)c1ccccc1. The first-order valence-corrected chi connectivity index (χ1v) is 7.73. The minimum absolute atomic E-state index is 0.156. The maximum Gasteiger partial charge on any atom is 0.271 e. The van der Waals surface area contributed by atoms with Crippen molar-refractivity contribution in [1.82, 2.24) is 20.4 Å². The molecule has 1 unspecified atom stereocenters. The number of hydrogen-bond donors (Lipinski definition) is 2. The Morgan fingerprint density at radius 1 is 1.22 bits per heavy atom. The van der Waals surface area contributed by atoms with E-state index in [4.69, 9.17) is 0 Å². The molecule has 2 rings (SSSR count). The molecular formula is C17H22N4O2. The Balaban J connectivity index is 2.41. The second-order valence-corrected chi connectivity index (χ2v) is 5.28. The molecule has 2 aromatic rings. The molecule has 0 aliphatic heterocycles. The van der Waals surface area contributed by atoms with Crippen LogP contribution in [0.15, 0.2) is 36.4 Å². The van der Waals surface area contributed by atoms with Crippen molar-refractivity contribution in [2.24, 2.45) is 0 Å². The number of amides is 2. The molecule has 0 aliphatic rings. The van der Waals surface area contributed by atoms with Crippen LogP contribution in [-0.2, 0) is 0 Å². The fourth-order valence-electron chi connectivity index (χ4n) is 2.30. The van der Waals surface area contributed by atoms with E-state index in [0.29, 0.717) is 12.2 Å². The Hall–Kier alpha value is -2.63. The van der Waals surface area contributed by atoms with Gasteiger partial charge in [0.1, 0.15) is 5.69 Å². The number of aromatic nitrogens is 2. The van der Waals surface area contributed by atoms with Gasteiger partial charge < -0.3 is 10.6 Å². The highest BCUT2D eigenvalue weighted by atomic mass is 16.2. The summed E-state index contributed by atoms with van der Waals surface area (Å²) in [6, 6.07) is 11.1. The van der Waals surface area contributed by atoms with E-state index < -0.39 is 0 Å². The lowest BCUT2D eigenvalue weighted by molar-refractivity contribution is 0.0938. The van der Waals surface area contributed by atoms with Crippen molar-refractivity contribution in [3.63, 3.8) is 0 Å². The van der Waals surface area contributed by atoms with E-state index in [1.165, 1.54) is 6.07 Å². The summed E-state index contributed by atoms with van der Waals surface area (Å²) >= 11 is 0. The summed E-state index contributed by atoms with van der Waals surface area (Å²) in [4.78, 5) is 24.2. The number of hydrogen-bond acceptors (Lipinski definition) is 3. The van der Waals surface area contributed by atoms with Crippen LogP contribution in [-0.4, -0.2) is 35.2 Å². The molecule has 1 heterocycles. The summed E-state index contributed by atoms with van der Waals surface area (Å²) in [5.41, 5.74) is 1.63. The number of rotatable bonds is 6. The minimum Gasteiger partial charge on any atom is -0.354 e. The maximum atomic E-state index is 12.4. The normalized spacial score (nSPS) is 11.8. The topological polar surface area (TPSA) is 76.0 Å². The molecule has 23 heavy (non-hydrogen) atoms. The molecule has 122 valence electrons. The van der Waals surface area contributed by atoms with E-state index in [2.05, 4.69) is 15.7 Å². The Bertz CT molecular complexity index is 679. The molecule has 0 spiro atoms. The lowest BCUT2D eigenvalue weighted by Crippen LogP contribution is -2.27. The molecule has 2 amide bonds. The van der Waals surface area contributed by atoms with Gasteiger partial charge in [0, 0.05) is 19.7 Å². The highest BCUT2D eigenvalue weighted by Crippen LogP contribution is 2.20. The molecule has 0 radical (unpaired) electrons. The van der Waals surface area contributed by atoms with Gasteiger partial charge in [-0.05, 0) is 18.9 Å². The first-order chi connectivity index (χ1) is 11.1. The Kier molecular flexibility index (Phi) is 5.51. The van der Waals surface area contributed by atoms with Gasteiger partial charge in [-0.15, -0.1) is 0 Å². The third-order valence-electron chi connectivity index (χ3n) is 3.61. The second kappa shape index (κ2) is 7.58. The smallest absolute Gasteiger partial charge is 0.271 e. The average molecular weight is 314 g/mol. The Morgan fingerprint density at radius 3 is 2.52 bits per heavy atom. The second-order valence-electron chi connectivity index (χ2n) is 5.28. The average Bonchev–Trinajstić information content (AvgIpc) is 3.04.